The number of nitrogens with one attached hydrogen (secondary N) is 3. The molecule has 0 aliphatic carbocycles. The van der Waals surface area contributed by atoms with E-state index < -0.39 is 5.82 Å². The third kappa shape index (κ3) is 2.67. The first-order valence-corrected chi connectivity index (χ1v) is 7.74. The molecule has 126 valence electrons. The van der Waals surface area contributed by atoms with Crippen LogP contribution < -0.4 is 10.6 Å². The fourth-order valence-electron chi connectivity index (χ4n) is 2.60. The van der Waals surface area contributed by atoms with Gasteiger partial charge >= 0.3 is 0 Å². The van der Waals surface area contributed by atoms with Crippen molar-refractivity contribution in [2.75, 3.05) is 11.9 Å². The molecule has 2 heterocycles. The summed E-state index contributed by atoms with van der Waals surface area (Å²) in [6, 6.07) is 10.0. The molecule has 4 rings (SSSR count). The summed E-state index contributed by atoms with van der Waals surface area (Å²) in [6.07, 6.45) is 0. The lowest BCUT2D eigenvalue weighted by molar-refractivity contribution is 0.0952. The average molecular weight is 339 g/mol. The Labute approximate surface area is 141 Å². The van der Waals surface area contributed by atoms with Gasteiger partial charge in [-0.3, -0.25) is 9.89 Å². The molecule has 0 bridgehead atoms. The van der Waals surface area contributed by atoms with Gasteiger partial charge in [-0.25, -0.2) is 4.39 Å². The van der Waals surface area contributed by atoms with E-state index in [4.69, 9.17) is 4.42 Å². The Bertz CT molecular complexity index is 1090. The maximum absolute atomic E-state index is 13.7. The zero-order valence-electron chi connectivity index (χ0n) is 13.3. The van der Waals surface area contributed by atoms with Gasteiger partial charge < -0.3 is 15.1 Å². The normalized spacial score (nSPS) is 11.1. The van der Waals surface area contributed by atoms with Gasteiger partial charge in [-0.2, -0.15) is 10.1 Å². The highest BCUT2D eigenvalue weighted by Gasteiger charge is 2.15. The van der Waals surface area contributed by atoms with Crippen LogP contribution in [0.5, 0.6) is 0 Å². The largest absolute Gasteiger partial charge is 0.423 e. The Morgan fingerprint density at radius 1 is 1.32 bits per heavy atom. The molecular formula is C17H14FN5O2. The number of halogens is 1. The number of carbonyl (C=O) groups is 1. The molecule has 0 atom stereocenters. The third-order valence-corrected chi connectivity index (χ3v) is 3.74. The Morgan fingerprint density at radius 2 is 2.20 bits per heavy atom. The zero-order chi connectivity index (χ0) is 17.4. The fraction of sp³-hybridized carbons (Fsp3) is 0.118. The summed E-state index contributed by atoms with van der Waals surface area (Å²) < 4.78 is 19.2. The van der Waals surface area contributed by atoms with E-state index >= 15 is 0 Å². The molecule has 3 N–H and O–H groups in total. The van der Waals surface area contributed by atoms with Crippen molar-refractivity contribution in [3.8, 4) is 0 Å². The molecule has 0 spiro atoms. The number of benzene rings is 2. The first kappa shape index (κ1) is 15.1. The van der Waals surface area contributed by atoms with Crippen molar-refractivity contribution in [1.82, 2.24) is 20.5 Å². The van der Waals surface area contributed by atoms with Gasteiger partial charge in [0, 0.05) is 17.6 Å². The number of amides is 1. The summed E-state index contributed by atoms with van der Waals surface area (Å²) >= 11 is 0. The molecule has 0 fully saturated rings. The van der Waals surface area contributed by atoms with E-state index in [1.54, 1.807) is 30.3 Å². The Hall–Kier alpha value is -3.42. The SMILES string of the molecule is CCNC(=O)c1n[nH]c2ccc(Nc3nc4c(F)cccc4o3)cc12. The molecule has 25 heavy (non-hydrogen) atoms. The Kier molecular flexibility index (Phi) is 3.57. The molecule has 0 aliphatic heterocycles. The molecule has 0 aliphatic rings. The number of aromatic nitrogens is 3. The second-order valence-corrected chi connectivity index (χ2v) is 5.42. The van der Waals surface area contributed by atoms with Gasteiger partial charge in [0.15, 0.2) is 17.1 Å². The van der Waals surface area contributed by atoms with E-state index in [-0.39, 0.29) is 17.4 Å². The quantitative estimate of drug-likeness (QED) is 0.530. The van der Waals surface area contributed by atoms with Gasteiger partial charge in [0.2, 0.25) is 0 Å². The summed E-state index contributed by atoms with van der Waals surface area (Å²) in [6.45, 7) is 2.35. The third-order valence-electron chi connectivity index (χ3n) is 3.74. The molecule has 0 unspecified atom stereocenters. The first-order chi connectivity index (χ1) is 12.2. The summed E-state index contributed by atoms with van der Waals surface area (Å²) in [5.41, 5.74) is 2.21. The molecule has 2 aromatic heterocycles. The molecule has 1 amide bonds. The summed E-state index contributed by atoms with van der Waals surface area (Å²) in [4.78, 5) is 16.2. The van der Waals surface area contributed by atoms with Crippen LogP contribution in [0.3, 0.4) is 0 Å². The van der Waals surface area contributed by atoms with Crippen LogP contribution in [0.2, 0.25) is 0 Å². The molecule has 4 aromatic rings. The van der Waals surface area contributed by atoms with Gasteiger partial charge in [-0.05, 0) is 37.3 Å². The number of carbonyl (C=O) groups excluding carboxylic acids is 1. The lowest BCUT2D eigenvalue weighted by Gasteiger charge is -2.02. The van der Waals surface area contributed by atoms with Gasteiger partial charge in [0.05, 0.1) is 5.52 Å². The van der Waals surface area contributed by atoms with Crippen molar-refractivity contribution in [3.63, 3.8) is 0 Å². The Morgan fingerprint density at radius 3 is 3.00 bits per heavy atom. The summed E-state index contributed by atoms with van der Waals surface area (Å²) in [5, 5.41) is 13.2. The maximum Gasteiger partial charge on any atom is 0.300 e. The van der Waals surface area contributed by atoms with Gasteiger partial charge in [0.1, 0.15) is 5.52 Å². The number of anilines is 2. The van der Waals surface area contributed by atoms with Gasteiger partial charge in [-0.1, -0.05) is 6.07 Å². The van der Waals surface area contributed by atoms with Crippen LogP contribution in [0.15, 0.2) is 40.8 Å². The molecule has 7 nitrogen and oxygen atoms in total. The number of aromatic amines is 1. The van der Waals surface area contributed by atoms with Crippen molar-refractivity contribution >= 4 is 39.6 Å². The second-order valence-electron chi connectivity index (χ2n) is 5.42. The van der Waals surface area contributed by atoms with Crippen molar-refractivity contribution in [3.05, 3.63) is 47.9 Å². The molecule has 0 radical (unpaired) electrons. The van der Waals surface area contributed by atoms with Crippen LogP contribution in [-0.2, 0) is 0 Å². The molecule has 2 aromatic carbocycles. The smallest absolute Gasteiger partial charge is 0.300 e. The van der Waals surface area contributed by atoms with Crippen LogP contribution in [-0.4, -0.2) is 27.6 Å². The number of hydrogen-bond donors (Lipinski definition) is 3. The number of para-hydroxylation sites is 1. The number of rotatable bonds is 4. The number of oxazole rings is 1. The standard InChI is InChI=1S/C17H14FN5O2/c1-2-19-16(24)14-10-8-9(6-7-12(10)22-23-14)20-17-21-15-11(18)4-3-5-13(15)25-17/h3-8H,2H2,1H3,(H,19,24)(H,20,21)(H,22,23). The topological polar surface area (TPSA) is 95.8 Å². The summed E-state index contributed by atoms with van der Waals surface area (Å²) in [7, 11) is 0. The van der Waals surface area contributed by atoms with Crippen LogP contribution >= 0.6 is 0 Å². The van der Waals surface area contributed by atoms with E-state index in [2.05, 4.69) is 25.8 Å². The lowest BCUT2D eigenvalue weighted by Crippen LogP contribution is -2.23. The van der Waals surface area contributed by atoms with Crippen molar-refractivity contribution in [2.24, 2.45) is 0 Å². The highest BCUT2D eigenvalue weighted by Crippen LogP contribution is 2.26. The van der Waals surface area contributed by atoms with E-state index in [1.165, 1.54) is 6.07 Å². The predicted molar refractivity (Wildman–Crippen MR) is 91.4 cm³/mol. The first-order valence-electron chi connectivity index (χ1n) is 7.74. The van der Waals surface area contributed by atoms with Crippen molar-refractivity contribution in [1.29, 1.82) is 0 Å². The van der Waals surface area contributed by atoms with E-state index in [1.807, 2.05) is 6.92 Å². The minimum absolute atomic E-state index is 0.164. The van der Waals surface area contributed by atoms with Gasteiger partial charge in [0.25, 0.3) is 11.9 Å². The lowest BCUT2D eigenvalue weighted by atomic mass is 10.2. The molecule has 8 heteroatoms. The number of H-pyrrole nitrogens is 1. The van der Waals surface area contributed by atoms with Crippen molar-refractivity contribution < 1.29 is 13.6 Å². The Balaban J connectivity index is 1.69. The summed E-state index contributed by atoms with van der Waals surface area (Å²) in [5.74, 6) is -0.701. The molecule has 0 saturated heterocycles. The fourth-order valence-corrected chi connectivity index (χ4v) is 2.60. The van der Waals surface area contributed by atoms with Gasteiger partial charge in [-0.15, -0.1) is 0 Å². The average Bonchev–Trinajstić information content (AvgIpc) is 3.19. The monoisotopic (exact) mass is 339 g/mol. The van der Waals surface area contributed by atoms with E-state index in [0.717, 1.165) is 5.52 Å². The van der Waals surface area contributed by atoms with Crippen molar-refractivity contribution in [2.45, 2.75) is 6.92 Å². The van der Waals surface area contributed by atoms with Crippen LogP contribution in [0.1, 0.15) is 17.4 Å². The minimum Gasteiger partial charge on any atom is -0.423 e. The maximum atomic E-state index is 13.7. The zero-order valence-corrected chi connectivity index (χ0v) is 13.3. The number of hydrogen-bond acceptors (Lipinski definition) is 5. The number of fused-ring (bicyclic) bond motifs is 2. The molecular weight excluding hydrogens is 325 g/mol. The minimum atomic E-state index is -0.446. The highest BCUT2D eigenvalue weighted by atomic mass is 19.1. The van der Waals surface area contributed by atoms with Crippen LogP contribution in [0, 0.1) is 5.82 Å². The highest BCUT2D eigenvalue weighted by molar-refractivity contribution is 6.05. The molecule has 0 saturated carbocycles. The van der Waals surface area contributed by atoms with Crippen LogP contribution in [0.4, 0.5) is 16.1 Å². The van der Waals surface area contributed by atoms with E-state index in [0.29, 0.717) is 28.9 Å². The van der Waals surface area contributed by atoms with E-state index in [9.17, 15) is 9.18 Å². The predicted octanol–water partition coefficient (Wildman–Crippen LogP) is 3.34. The number of nitrogens with zero attached hydrogens (tertiary/aromatic N) is 2. The van der Waals surface area contributed by atoms with Crippen LogP contribution in [0.25, 0.3) is 22.0 Å². The second kappa shape index (κ2) is 5.90.